The van der Waals surface area contributed by atoms with Gasteiger partial charge in [0.25, 0.3) is 5.89 Å². The molecule has 86 valence electrons. The molecule has 0 aliphatic carbocycles. The molecular weight excluding hydrogens is 228 g/mol. The van der Waals surface area contributed by atoms with Crippen molar-refractivity contribution in [1.82, 2.24) is 15.1 Å². The molecule has 1 N–H and O–H groups in total. The van der Waals surface area contributed by atoms with Gasteiger partial charge >= 0.3 is 0 Å². The van der Waals surface area contributed by atoms with Crippen LogP contribution < -0.4 is 0 Å². The average Bonchev–Trinajstić information content (AvgIpc) is 3.08. The van der Waals surface area contributed by atoms with Crippen LogP contribution in [0.4, 0.5) is 0 Å². The fourth-order valence-corrected chi connectivity index (χ4v) is 1.63. The second-order valence-corrected chi connectivity index (χ2v) is 3.70. The molecule has 3 aromatic rings. The van der Waals surface area contributed by atoms with Crippen molar-refractivity contribution in [3.05, 3.63) is 48.3 Å². The Morgan fingerprint density at radius 1 is 1.17 bits per heavy atom. The number of benzene rings is 1. The summed E-state index contributed by atoms with van der Waals surface area (Å²) in [6, 6.07) is 13.2. The SMILES string of the molecule is N#Cc1cc(-c2nc(-c3ccccc3)no2)c[nH]1. The maximum atomic E-state index is 8.73. The van der Waals surface area contributed by atoms with Gasteiger partial charge in [0, 0.05) is 11.8 Å². The van der Waals surface area contributed by atoms with Crippen LogP contribution in [0, 0.1) is 11.3 Å². The molecule has 0 radical (unpaired) electrons. The third-order valence-electron chi connectivity index (χ3n) is 2.51. The van der Waals surface area contributed by atoms with E-state index < -0.39 is 0 Å². The number of aromatic nitrogens is 3. The van der Waals surface area contributed by atoms with Gasteiger partial charge in [-0.3, -0.25) is 0 Å². The molecule has 0 aliphatic rings. The summed E-state index contributed by atoms with van der Waals surface area (Å²) in [4.78, 5) is 7.11. The van der Waals surface area contributed by atoms with Crippen molar-refractivity contribution in [3.63, 3.8) is 0 Å². The lowest BCUT2D eigenvalue weighted by atomic mass is 10.2. The summed E-state index contributed by atoms with van der Waals surface area (Å²) < 4.78 is 5.17. The standard InChI is InChI=1S/C13H8N4O/c14-7-11-6-10(8-15-11)13-16-12(17-18-13)9-4-2-1-3-5-9/h1-6,8,15H. The first-order chi connectivity index (χ1) is 8.86. The largest absolute Gasteiger partial charge is 0.352 e. The molecule has 0 saturated carbocycles. The Kier molecular flexibility index (Phi) is 2.39. The minimum Gasteiger partial charge on any atom is -0.352 e. The smallest absolute Gasteiger partial charge is 0.259 e. The minimum atomic E-state index is 0.395. The average molecular weight is 236 g/mol. The first-order valence-electron chi connectivity index (χ1n) is 5.35. The first-order valence-corrected chi connectivity index (χ1v) is 5.35. The van der Waals surface area contributed by atoms with Crippen molar-refractivity contribution in [1.29, 1.82) is 5.26 Å². The van der Waals surface area contributed by atoms with Gasteiger partial charge in [-0.15, -0.1) is 0 Å². The van der Waals surface area contributed by atoms with E-state index in [1.54, 1.807) is 12.3 Å². The van der Waals surface area contributed by atoms with E-state index in [0.29, 0.717) is 23.0 Å². The number of nitrogens with one attached hydrogen (secondary N) is 1. The van der Waals surface area contributed by atoms with E-state index in [9.17, 15) is 0 Å². The topological polar surface area (TPSA) is 78.5 Å². The van der Waals surface area contributed by atoms with Gasteiger partial charge in [-0.25, -0.2) is 0 Å². The fourth-order valence-electron chi connectivity index (χ4n) is 1.63. The molecule has 5 nitrogen and oxygen atoms in total. The van der Waals surface area contributed by atoms with Crippen LogP contribution >= 0.6 is 0 Å². The normalized spacial score (nSPS) is 10.2. The third-order valence-corrected chi connectivity index (χ3v) is 2.51. The molecule has 5 heteroatoms. The Bertz CT molecular complexity index is 706. The molecule has 0 fully saturated rings. The highest BCUT2D eigenvalue weighted by atomic mass is 16.5. The Balaban J connectivity index is 1.97. The quantitative estimate of drug-likeness (QED) is 0.741. The van der Waals surface area contributed by atoms with Crippen LogP contribution in [0.3, 0.4) is 0 Å². The second-order valence-electron chi connectivity index (χ2n) is 3.70. The van der Waals surface area contributed by atoms with Crippen molar-refractivity contribution in [3.8, 4) is 28.9 Å². The summed E-state index contributed by atoms with van der Waals surface area (Å²) in [5, 5.41) is 12.6. The van der Waals surface area contributed by atoms with Gasteiger partial charge in [0.05, 0.1) is 5.56 Å². The van der Waals surface area contributed by atoms with E-state index in [2.05, 4.69) is 15.1 Å². The van der Waals surface area contributed by atoms with Crippen LogP contribution in [0.5, 0.6) is 0 Å². The number of hydrogen-bond acceptors (Lipinski definition) is 4. The monoisotopic (exact) mass is 236 g/mol. The van der Waals surface area contributed by atoms with E-state index in [-0.39, 0.29) is 0 Å². The van der Waals surface area contributed by atoms with E-state index in [4.69, 9.17) is 9.78 Å². The third kappa shape index (κ3) is 1.76. The zero-order valence-electron chi connectivity index (χ0n) is 9.29. The van der Waals surface area contributed by atoms with Crippen molar-refractivity contribution in [2.24, 2.45) is 0 Å². The molecule has 0 aliphatic heterocycles. The van der Waals surface area contributed by atoms with Crippen LogP contribution in [-0.2, 0) is 0 Å². The predicted octanol–water partition coefficient (Wildman–Crippen LogP) is 2.60. The molecule has 0 spiro atoms. The van der Waals surface area contributed by atoms with Crippen molar-refractivity contribution in [2.45, 2.75) is 0 Å². The molecule has 1 aromatic carbocycles. The van der Waals surface area contributed by atoms with Crippen LogP contribution in [-0.4, -0.2) is 15.1 Å². The summed E-state index contributed by atoms with van der Waals surface area (Å²) in [5.74, 6) is 0.928. The molecule has 0 amide bonds. The highest BCUT2D eigenvalue weighted by Gasteiger charge is 2.11. The molecule has 2 aromatic heterocycles. The second kappa shape index (κ2) is 4.18. The maximum Gasteiger partial charge on any atom is 0.259 e. The van der Waals surface area contributed by atoms with Crippen molar-refractivity contribution in [2.75, 3.05) is 0 Å². The number of rotatable bonds is 2. The van der Waals surface area contributed by atoms with Crippen molar-refractivity contribution < 1.29 is 4.52 Å². The number of aromatic amines is 1. The lowest BCUT2D eigenvalue weighted by molar-refractivity contribution is 0.432. The number of H-pyrrole nitrogens is 1. The van der Waals surface area contributed by atoms with Crippen LogP contribution in [0.2, 0.25) is 0 Å². The summed E-state index contributed by atoms with van der Waals surface area (Å²) in [6.45, 7) is 0. The van der Waals surface area contributed by atoms with Gasteiger partial charge in [-0.2, -0.15) is 10.2 Å². The molecule has 0 saturated heterocycles. The molecule has 2 heterocycles. The summed E-state index contributed by atoms with van der Waals surface area (Å²) in [6.07, 6.45) is 1.67. The Morgan fingerprint density at radius 2 is 2.00 bits per heavy atom. The van der Waals surface area contributed by atoms with E-state index >= 15 is 0 Å². The summed E-state index contributed by atoms with van der Waals surface area (Å²) in [5.41, 5.74) is 2.06. The highest BCUT2D eigenvalue weighted by molar-refractivity contribution is 5.60. The fraction of sp³-hybridized carbons (Fsp3) is 0. The van der Waals surface area contributed by atoms with Gasteiger partial charge in [0.1, 0.15) is 11.8 Å². The predicted molar refractivity (Wildman–Crippen MR) is 64.2 cm³/mol. The van der Waals surface area contributed by atoms with Gasteiger partial charge < -0.3 is 9.51 Å². The van der Waals surface area contributed by atoms with Crippen LogP contribution in [0.15, 0.2) is 47.1 Å². The van der Waals surface area contributed by atoms with Gasteiger partial charge in [-0.05, 0) is 6.07 Å². The number of hydrogen-bond donors (Lipinski definition) is 1. The molecule has 0 atom stereocenters. The molecule has 0 unspecified atom stereocenters. The van der Waals surface area contributed by atoms with Crippen LogP contribution in [0.25, 0.3) is 22.8 Å². The Hall–Kier alpha value is -2.87. The summed E-state index contributed by atoms with van der Waals surface area (Å²) in [7, 11) is 0. The minimum absolute atomic E-state index is 0.395. The zero-order valence-corrected chi connectivity index (χ0v) is 9.29. The number of nitrogens with zero attached hydrogens (tertiary/aromatic N) is 3. The lowest BCUT2D eigenvalue weighted by Crippen LogP contribution is -1.79. The number of nitriles is 1. The maximum absolute atomic E-state index is 8.73. The molecule has 18 heavy (non-hydrogen) atoms. The van der Waals surface area contributed by atoms with Gasteiger partial charge in [0.15, 0.2) is 0 Å². The van der Waals surface area contributed by atoms with E-state index in [1.807, 2.05) is 36.4 Å². The van der Waals surface area contributed by atoms with Gasteiger partial charge in [0.2, 0.25) is 5.82 Å². The van der Waals surface area contributed by atoms with Crippen LogP contribution in [0.1, 0.15) is 5.69 Å². The Morgan fingerprint density at radius 3 is 2.72 bits per heavy atom. The molecule has 0 bridgehead atoms. The zero-order chi connectivity index (χ0) is 12.4. The van der Waals surface area contributed by atoms with E-state index in [0.717, 1.165) is 5.56 Å². The molecule has 3 rings (SSSR count). The lowest BCUT2D eigenvalue weighted by Gasteiger charge is -1.90. The molecular formula is C13H8N4O. The summed E-state index contributed by atoms with van der Waals surface area (Å²) >= 11 is 0. The highest BCUT2D eigenvalue weighted by Crippen LogP contribution is 2.22. The van der Waals surface area contributed by atoms with E-state index in [1.165, 1.54) is 0 Å². The van der Waals surface area contributed by atoms with Gasteiger partial charge in [-0.1, -0.05) is 35.5 Å². The first kappa shape index (κ1) is 10.3. The van der Waals surface area contributed by atoms with Crippen molar-refractivity contribution >= 4 is 0 Å². The Labute approximate surface area is 103 Å².